The number of benzene rings is 1. The molecule has 0 spiro atoms. The summed E-state index contributed by atoms with van der Waals surface area (Å²) >= 11 is 0. The van der Waals surface area contributed by atoms with Crippen molar-refractivity contribution in [3.8, 4) is 11.5 Å². The van der Waals surface area contributed by atoms with Gasteiger partial charge in [0.2, 0.25) is 0 Å². The Morgan fingerprint density at radius 3 is 2.71 bits per heavy atom. The normalized spacial score (nSPS) is 17.0. The Hall–Kier alpha value is -1.22. The second kappa shape index (κ2) is 5.92. The maximum atomic E-state index is 9.79. The molecular formula is C14H21NO2. The van der Waals surface area contributed by atoms with E-state index in [0.29, 0.717) is 5.75 Å². The molecule has 2 rings (SSSR count). The molecule has 0 saturated carbocycles. The molecule has 1 aromatic rings. The molecule has 0 atom stereocenters. The molecule has 1 aromatic carbocycles. The van der Waals surface area contributed by atoms with Crippen molar-refractivity contribution in [1.29, 1.82) is 0 Å². The fourth-order valence-electron chi connectivity index (χ4n) is 2.35. The molecule has 0 radical (unpaired) electrons. The summed E-state index contributed by atoms with van der Waals surface area (Å²) in [5.41, 5.74) is 0.981. The first-order valence-electron chi connectivity index (χ1n) is 6.38. The van der Waals surface area contributed by atoms with Crippen molar-refractivity contribution in [1.82, 2.24) is 4.90 Å². The summed E-state index contributed by atoms with van der Waals surface area (Å²) < 4.78 is 5.18. The van der Waals surface area contributed by atoms with Crippen molar-refractivity contribution in [3.05, 3.63) is 23.8 Å². The number of phenolic OH excluding ortho intramolecular Hbond substituents is 1. The van der Waals surface area contributed by atoms with Crippen LogP contribution in [0.1, 0.15) is 24.8 Å². The molecule has 1 saturated heterocycles. The van der Waals surface area contributed by atoms with E-state index in [0.717, 1.165) is 24.3 Å². The Morgan fingerprint density at radius 2 is 2.00 bits per heavy atom. The highest BCUT2D eigenvalue weighted by molar-refractivity contribution is 5.39. The summed E-state index contributed by atoms with van der Waals surface area (Å²) in [6.45, 7) is 3.43. The molecule has 1 aliphatic rings. The van der Waals surface area contributed by atoms with Gasteiger partial charge in [0.25, 0.3) is 0 Å². The largest absolute Gasteiger partial charge is 0.508 e. The van der Waals surface area contributed by atoms with Crippen molar-refractivity contribution in [3.63, 3.8) is 0 Å². The zero-order chi connectivity index (χ0) is 12.1. The highest BCUT2D eigenvalue weighted by Gasteiger charge is 2.11. The molecule has 3 nitrogen and oxygen atoms in total. The van der Waals surface area contributed by atoms with Gasteiger partial charge >= 0.3 is 0 Å². The lowest BCUT2D eigenvalue weighted by Gasteiger charge is -2.26. The van der Waals surface area contributed by atoms with Gasteiger partial charge in [0, 0.05) is 6.54 Å². The lowest BCUT2D eigenvalue weighted by Crippen LogP contribution is -2.31. The molecule has 0 unspecified atom stereocenters. The number of hydrogen-bond acceptors (Lipinski definition) is 3. The highest BCUT2D eigenvalue weighted by atomic mass is 16.5. The van der Waals surface area contributed by atoms with E-state index >= 15 is 0 Å². The standard InChI is InChI=1S/C14H21NO2/c1-17-13-5-6-14(16)12(11-13)7-10-15-8-3-2-4-9-15/h5-6,11,16H,2-4,7-10H2,1H3. The van der Waals surface area contributed by atoms with Crippen molar-refractivity contribution < 1.29 is 9.84 Å². The smallest absolute Gasteiger partial charge is 0.119 e. The number of methoxy groups -OCH3 is 1. The van der Waals surface area contributed by atoms with Crippen LogP contribution < -0.4 is 4.74 Å². The maximum Gasteiger partial charge on any atom is 0.119 e. The van der Waals surface area contributed by atoms with Crippen LogP contribution in [-0.4, -0.2) is 36.8 Å². The molecule has 1 aliphatic heterocycles. The van der Waals surface area contributed by atoms with Crippen LogP contribution in [-0.2, 0) is 6.42 Å². The van der Waals surface area contributed by atoms with Gasteiger partial charge in [-0.2, -0.15) is 0 Å². The van der Waals surface area contributed by atoms with E-state index in [1.807, 2.05) is 6.07 Å². The monoisotopic (exact) mass is 235 g/mol. The number of hydrogen-bond donors (Lipinski definition) is 1. The summed E-state index contributed by atoms with van der Waals surface area (Å²) in [7, 11) is 1.65. The van der Waals surface area contributed by atoms with Gasteiger partial charge in [-0.3, -0.25) is 0 Å². The molecule has 3 heteroatoms. The molecule has 17 heavy (non-hydrogen) atoms. The topological polar surface area (TPSA) is 32.7 Å². The van der Waals surface area contributed by atoms with Crippen molar-refractivity contribution >= 4 is 0 Å². The number of ether oxygens (including phenoxy) is 1. The minimum absolute atomic E-state index is 0.378. The lowest BCUT2D eigenvalue weighted by molar-refractivity contribution is 0.231. The van der Waals surface area contributed by atoms with Crippen LogP contribution in [0.2, 0.25) is 0 Å². The Kier molecular flexibility index (Phi) is 4.26. The Balaban J connectivity index is 1.92. The molecule has 1 heterocycles. The van der Waals surface area contributed by atoms with Crippen LogP contribution in [0.4, 0.5) is 0 Å². The highest BCUT2D eigenvalue weighted by Crippen LogP contribution is 2.23. The predicted octanol–water partition coefficient (Wildman–Crippen LogP) is 2.43. The number of aromatic hydroxyl groups is 1. The van der Waals surface area contributed by atoms with Crippen LogP contribution in [0.25, 0.3) is 0 Å². The lowest BCUT2D eigenvalue weighted by atomic mass is 10.1. The van der Waals surface area contributed by atoms with E-state index in [2.05, 4.69) is 4.90 Å². The van der Waals surface area contributed by atoms with E-state index in [-0.39, 0.29) is 0 Å². The van der Waals surface area contributed by atoms with Crippen molar-refractivity contribution in [2.75, 3.05) is 26.7 Å². The van der Waals surface area contributed by atoms with Gasteiger partial charge in [0.05, 0.1) is 7.11 Å². The minimum atomic E-state index is 0.378. The van der Waals surface area contributed by atoms with Gasteiger partial charge in [0.1, 0.15) is 11.5 Å². The van der Waals surface area contributed by atoms with Gasteiger partial charge in [0.15, 0.2) is 0 Å². The van der Waals surface area contributed by atoms with E-state index in [4.69, 9.17) is 4.74 Å². The van der Waals surface area contributed by atoms with E-state index in [1.165, 1.54) is 32.4 Å². The summed E-state index contributed by atoms with van der Waals surface area (Å²) in [6.07, 6.45) is 4.87. The fourth-order valence-corrected chi connectivity index (χ4v) is 2.35. The van der Waals surface area contributed by atoms with Crippen molar-refractivity contribution in [2.24, 2.45) is 0 Å². The molecule has 94 valence electrons. The predicted molar refractivity (Wildman–Crippen MR) is 68.7 cm³/mol. The van der Waals surface area contributed by atoms with Crippen LogP contribution in [0.15, 0.2) is 18.2 Å². The third kappa shape index (κ3) is 3.37. The summed E-state index contributed by atoms with van der Waals surface area (Å²) in [4.78, 5) is 2.47. The number of nitrogens with zero attached hydrogens (tertiary/aromatic N) is 1. The second-order valence-electron chi connectivity index (χ2n) is 4.65. The van der Waals surface area contributed by atoms with Gasteiger partial charge in [-0.15, -0.1) is 0 Å². The molecule has 0 aromatic heterocycles. The van der Waals surface area contributed by atoms with Gasteiger partial charge in [-0.1, -0.05) is 6.42 Å². The van der Waals surface area contributed by atoms with Gasteiger partial charge < -0.3 is 14.7 Å². The first-order valence-corrected chi connectivity index (χ1v) is 6.38. The molecule has 0 amide bonds. The average molecular weight is 235 g/mol. The summed E-state index contributed by atoms with van der Waals surface area (Å²) in [6, 6.07) is 5.43. The van der Waals surface area contributed by atoms with E-state index < -0.39 is 0 Å². The van der Waals surface area contributed by atoms with Gasteiger partial charge in [-0.25, -0.2) is 0 Å². The first kappa shape index (κ1) is 12.2. The number of piperidine rings is 1. The number of rotatable bonds is 4. The first-order chi connectivity index (χ1) is 8.29. The maximum absolute atomic E-state index is 9.79. The molecular weight excluding hydrogens is 214 g/mol. The van der Waals surface area contributed by atoms with Crippen LogP contribution in [0.5, 0.6) is 11.5 Å². The second-order valence-corrected chi connectivity index (χ2v) is 4.65. The molecule has 0 aliphatic carbocycles. The third-order valence-corrected chi connectivity index (χ3v) is 3.43. The molecule has 0 bridgehead atoms. The van der Waals surface area contributed by atoms with E-state index in [1.54, 1.807) is 19.2 Å². The van der Waals surface area contributed by atoms with Gasteiger partial charge in [-0.05, 0) is 56.1 Å². The van der Waals surface area contributed by atoms with Crippen LogP contribution >= 0.6 is 0 Å². The number of phenols is 1. The van der Waals surface area contributed by atoms with Crippen molar-refractivity contribution in [2.45, 2.75) is 25.7 Å². The Morgan fingerprint density at radius 1 is 1.24 bits per heavy atom. The molecule has 1 fully saturated rings. The quantitative estimate of drug-likeness (QED) is 0.870. The van der Waals surface area contributed by atoms with E-state index in [9.17, 15) is 5.11 Å². The zero-order valence-corrected chi connectivity index (χ0v) is 10.5. The fraction of sp³-hybridized carbons (Fsp3) is 0.571. The minimum Gasteiger partial charge on any atom is -0.508 e. The number of likely N-dealkylation sites (tertiary alicyclic amines) is 1. The average Bonchev–Trinajstić information content (AvgIpc) is 2.39. The van der Waals surface area contributed by atoms with Crippen LogP contribution in [0, 0.1) is 0 Å². The zero-order valence-electron chi connectivity index (χ0n) is 10.5. The third-order valence-electron chi connectivity index (χ3n) is 3.43. The Labute approximate surface area is 103 Å². The summed E-state index contributed by atoms with van der Waals surface area (Å²) in [5, 5.41) is 9.79. The Bertz CT molecular complexity index is 359. The summed E-state index contributed by atoms with van der Waals surface area (Å²) in [5.74, 6) is 1.19. The molecule has 1 N–H and O–H groups in total. The van der Waals surface area contributed by atoms with Crippen LogP contribution in [0.3, 0.4) is 0 Å². The SMILES string of the molecule is COc1ccc(O)c(CCN2CCCCC2)c1.